The number of nitrogens with zero attached hydrogens (tertiary/aromatic N) is 1. The summed E-state index contributed by atoms with van der Waals surface area (Å²) in [7, 11) is 1.66. The highest BCUT2D eigenvalue weighted by atomic mass is 32.1. The van der Waals surface area contributed by atoms with Crippen LogP contribution >= 0.6 is 11.3 Å². The van der Waals surface area contributed by atoms with Gasteiger partial charge in [-0.15, -0.1) is 11.3 Å². The molecule has 1 aromatic carbocycles. The molecule has 0 bridgehead atoms. The van der Waals surface area contributed by atoms with E-state index >= 15 is 0 Å². The van der Waals surface area contributed by atoms with Gasteiger partial charge in [0.2, 0.25) is 0 Å². The van der Waals surface area contributed by atoms with Crippen LogP contribution in [-0.4, -0.2) is 18.7 Å². The molecule has 5 heteroatoms. The van der Waals surface area contributed by atoms with Gasteiger partial charge in [0.15, 0.2) is 16.6 Å². The molecule has 0 unspecified atom stereocenters. The lowest BCUT2D eigenvalue weighted by Crippen LogP contribution is -2.03. The van der Waals surface area contributed by atoms with E-state index in [1.807, 2.05) is 30.5 Å². The van der Waals surface area contributed by atoms with Crippen molar-refractivity contribution < 1.29 is 9.47 Å². The SMILES string of the molecule is CCOc1cccc(CNc2nccs2)c1OC. The van der Waals surface area contributed by atoms with Gasteiger partial charge in [-0.1, -0.05) is 12.1 Å². The molecular weight excluding hydrogens is 248 g/mol. The number of hydrogen-bond acceptors (Lipinski definition) is 5. The zero-order valence-corrected chi connectivity index (χ0v) is 11.3. The third kappa shape index (κ3) is 2.92. The Kier molecular flexibility index (Phi) is 4.41. The number of nitrogens with one attached hydrogen (secondary N) is 1. The van der Waals surface area contributed by atoms with Gasteiger partial charge in [0.1, 0.15) is 0 Å². The normalized spacial score (nSPS) is 10.1. The van der Waals surface area contributed by atoms with Crippen molar-refractivity contribution in [3.63, 3.8) is 0 Å². The van der Waals surface area contributed by atoms with E-state index in [-0.39, 0.29) is 0 Å². The van der Waals surface area contributed by atoms with Crippen LogP contribution in [0.5, 0.6) is 11.5 Å². The highest BCUT2D eigenvalue weighted by molar-refractivity contribution is 7.13. The first-order chi connectivity index (χ1) is 8.85. The molecule has 0 aliphatic rings. The Bertz CT molecular complexity index is 486. The molecule has 0 radical (unpaired) electrons. The molecule has 0 atom stereocenters. The van der Waals surface area contributed by atoms with Gasteiger partial charge in [-0.05, 0) is 13.0 Å². The quantitative estimate of drug-likeness (QED) is 0.870. The Balaban J connectivity index is 2.13. The van der Waals surface area contributed by atoms with Crippen LogP contribution in [0.2, 0.25) is 0 Å². The van der Waals surface area contributed by atoms with Crippen LogP contribution in [0.3, 0.4) is 0 Å². The molecule has 4 nitrogen and oxygen atoms in total. The van der Waals surface area contributed by atoms with E-state index in [9.17, 15) is 0 Å². The third-order valence-corrected chi connectivity index (χ3v) is 3.16. The number of benzene rings is 1. The molecule has 1 N–H and O–H groups in total. The summed E-state index contributed by atoms with van der Waals surface area (Å²) in [5.41, 5.74) is 1.05. The van der Waals surface area contributed by atoms with Crippen LogP contribution in [0.4, 0.5) is 5.13 Å². The summed E-state index contributed by atoms with van der Waals surface area (Å²) in [4.78, 5) is 4.18. The van der Waals surface area contributed by atoms with Crippen LogP contribution in [0.25, 0.3) is 0 Å². The van der Waals surface area contributed by atoms with Crippen molar-refractivity contribution >= 4 is 16.5 Å². The second-order valence-corrected chi connectivity index (χ2v) is 4.47. The first-order valence-electron chi connectivity index (χ1n) is 5.77. The smallest absolute Gasteiger partial charge is 0.182 e. The van der Waals surface area contributed by atoms with Gasteiger partial charge in [0.25, 0.3) is 0 Å². The molecule has 0 aliphatic carbocycles. The first kappa shape index (κ1) is 12.7. The number of methoxy groups -OCH3 is 1. The van der Waals surface area contributed by atoms with Crippen molar-refractivity contribution in [2.45, 2.75) is 13.5 Å². The minimum Gasteiger partial charge on any atom is -0.493 e. The number of rotatable bonds is 6. The van der Waals surface area contributed by atoms with Crippen LogP contribution in [0, 0.1) is 0 Å². The van der Waals surface area contributed by atoms with Gasteiger partial charge in [-0.2, -0.15) is 0 Å². The fourth-order valence-electron chi connectivity index (χ4n) is 1.68. The molecule has 96 valence electrons. The second-order valence-electron chi connectivity index (χ2n) is 3.57. The Morgan fingerprint density at radius 1 is 1.39 bits per heavy atom. The van der Waals surface area contributed by atoms with E-state index in [4.69, 9.17) is 9.47 Å². The molecule has 2 aromatic rings. The van der Waals surface area contributed by atoms with Crippen LogP contribution in [0.15, 0.2) is 29.8 Å². The van der Waals surface area contributed by atoms with Crippen molar-refractivity contribution in [3.05, 3.63) is 35.3 Å². The van der Waals surface area contributed by atoms with E-state index < -0.39 is 0 Å². The fraction of sp³-hybridized carbons (Fsp3) is 0.308. The van der Waals surface area contributed by atoms with Crippen molar-refractivity contribution in [2.24, 2.45) is 0 Å². The molecule has 0 fully saturated rings. The van der Waals surface area contributed by atoms with Crippen LogP contribution < -0.4 is 14.8 Å². The average Bonchev–Trinajstić information content (AvgIpc) is 2.90. The summed E-state index contributed by atoms with van der Waals surface area (Å²) >= 11 is 1.58. The first-order valence-corrected chi connectivity index (χ1v) is 6.65. The summed E-state index contributed by atoms with van der Waals surface area (Å²) < 4.78 is 11.0. The minimum absolute atomic E-state index is 0.625. The van der Waals surface area contributed by atoms with E-state index in [0.29, 0.717) is 13.2 Å². The number of aromatic nitrogens is 1. The van der Waals surface area contributed by atoms with Gasteiger partial charge in [0, 0.05) is 23.7 Å². The maximum atomic E-state index is 5.54. The minimum atomic E-state index is 0.625. The summed E-state index contributed by atoms with van der Waals surface area (Å²) in [5, 5.41) is 6.10. The van der Waals surface area contributed by atoms with E-state index in [0.717, 1.165) is 22.2 Å². The maximum absolute atomic E-state index is 5.54. The summed E-state index contributed by atoms with van der Waals surface area (Å²) in [6.07, 6.45) is 1.78. The number of para-hydroxylation sites is 1. The highest BCUT2D eigenvalue weighted by Gasteiger charge is 2.09. The summed E-state index contributed by atoms with van der Waals surface area (Å²) in [6, 6.07) is 5.89. The number of hydrogen-bond donors (Lipinski definition) is 1. The summed E-state index contributed by atoms with van der Waals surface area (Å²) in [5.74, 6) is 1.56. The Morgan fingerprint density at radius 2 is 2.28 bits per heavy atom. The monoisotopic (exact) mass is 264 g/mol. The predicted molar refractivity (Wildman–Crippen MR) is 73.6 cm³/mol. The number of anilines is 1. The van der Waals surface area contributed by atoms with Gasteiger partial charge >= 0.3 is 0 Å². The van der Waals surface area contributed by atoms with Crippen molar-refractivity contribution in [1.82, 2.24) is 4.98 Å². The second kappa shape index (κ2) is 6.26. The van der Waals surface area contributed by atoms with Crippen molar-refractivity contribution in [1.29, 1.82) is 0 Å². The lowest BCUT2D eigenvalue weighted by Gasteiger charge is -2.13. The number of thiazole rings is 1. The maximum Gasteiger partial charge on any atom is 0.182 e. The third-order valence-electron chi connectivity index (χ3n) is 2.43. The molecule has 0 saturated heterocycles. The molecule has 0 spiro atoms. The predicted octanol–water partition coefficient (Wildman–Crippen LogP) is 3.16. The molecule has 2 rings (SSSR count). The van der Waals surface area contributed by atoms with Gasteiger partial charge < -0.3 is 14.8 Å². The highest BCUT2D eigenvalue weighted by Crippen LogP contribution is 2.31. The van der Waals surface area contributed by atoms with Gasteiger partial charge in [-0.25, -0.2) is 4.98 Å². The summed E-state index contributed by atoms with van der Waals surface area (Å²) in [6.45, 7) is 3.25. The Labute approximate surface area is 111 Å². The molecule has 18 heavy (non-hydrogen) atoms. The average molecular weight is 264 g/mol. The number of ether oxygens (including phenoxy) is 2. The van der Waals surface area contributed by atoms with Crippen LogP contribution in [-0.2, 0) is 6.54 Å². The van der Waals surface area contributed by atoms with Gasteiger partial charge in [0.05, 0.1) is 13.7 Å². The standard InChI is InChI=1S/C13H16N2O2S/c1-3-17-11-6-4-5-10(12(11)16-2)9-15-13-14-7-8-18-13/h4-8H,3,9H2,1-2H3,(H,14,15). The Hall–Kier alpha value is -1.75. The molecular formula is C13H16N2O2S. The fourth-order valence-corrected chi connectivity index (χ4v) is 2.21. The molecule has 1 aromatic heterocycles. The van der Waals surface area contributed by atoms with E-state index in [2.05, 4.69) is 10.3 Å². The lowest BCUT2D eigenvalue weighted by molar-refractivity contribution is 0.309. The van der Waals surface area contributed by atoms with Crippen LogP contribution in [0.1, 0.15) is 12.5 Å². The molecule has 0 saturated carbocycles. The van der Waals surface area contributed by atoms with Crippen molar-refractivity contribution in [3.8, 4) is 11.5 Å². The zero-order chi connectivity index (χ0) is 12.8. The Morgan fingerprint density at radius 3 is 2.94 bits per heavy atom. The molecule has 1 heterocycles. The molecule has 0 aliphatic heterocycles. The van der Waals surface area contributed by atoms with E-state index in [1.54, 1.807) is 24.6 Å². The van der Waals surface area contributed by atoms with E-state index in [1.165, 1.54) is 0 Å². The lowest BCUT2D eigenvalue weighted by atomic mass is 10.2. The largest absolute Gasteiger partial charge is 0.493 e. The zero-order valence-electron chi connectivity index (χ0n) is 10.5. The topological polar surface area (TPSA) is 43.4 Å². The van der Waals surface area contributed by atoms with Gasteiger partial charge in [-0.3, -0.25) is 0 Å². The van der Waals surface area contributed by atoms with Crippen molar-refractivity contribution in [2.75, 3.05) is 19.0 Å². The molecule has 0 amide bonds.